The molecular formula is C9H12BNO2. The molecule has 1 aliphatic carbocycles. The third-order valence-corrected chi connectivity index (χ3v) is 2.42. The maximum atomic E-state index is 8.97. The van der Waals surface area contributed by atoms with Crippen molar-refractivity contribution < 1.29 is 10.0 Å². The predicted molar refractivity (Wildman–Crippen MR) is 50.8 cm³/mol. The highest BCUT2D eigenvalue weighted by molar-refractivity contribution is 6.59. The largest absolute Gasteiger partial charge is 0.490 e. The molecule has 2 N–H and O–H groups in total. The van der Waals surface area contributed by atoms with Crippen LogP contribution >= 0.6 is 0 Å². The molecule has 2 rings (SSSR count). The number of pyridine rings is 1. The molecule has 0 amide bonds. The zero-order valence-electron chi connectivity index (χ0n) is 7.57. The summed E-state index contributed by atoms with van der Waals surface area (Å²) in [5, 5.41) is 17.9. The Morgan fingerprint density at radius 2 is 2.08 bits per heavy atom. The summed E-state index contributed by atoms with van der Waals surface area (Å²) >= 11 is 0. The summed E-state index contributed by atoms with van der Waals surface area (Å²) in [5.41, 5.74) is 2.31. The summed E-state index contributed by atoms with van der Waals surface area (Å²) in [6.07, 6.45) is 2.43. The summed E-state index contributed by atoms with van der Waals surface area (Å²) in [7, 11) is -1.40. The zero-order valence-corrected chi connectivity index (χ0v) is 7.57. The number of hydrogen-bond acceptors (Lipinski definition) is 3. The van der Waals surface area contributed by atoms with Crippen LogP contribution < -0.4 is 5.46 Å². The minimum atomic E-state index is -1.40. The molecule has 0 bridgehead atoms. The van der Waals surface area contributed by atoms with Crippen molar-refractivity contribution in [1.82, 2.24) is 4.98 Å². The topological polar surface area (TPSA) is 53.4 Å². The Labute approximate surface area is 77.6 Å². The van der Waals surface area contributed by atoms with Gasteiger partial charge < -0.3 is 10.0 Å². The van der Waals surface area contributed by atoms with E-state index in [1.807, 2.05) is 6.07 Å². The monoisotopic (exact) mass is 177 g/mol. The first-order chi connectivity index (χ1) is 6.18. The van der Waals surface area contributed by atoms with E-state index in [4.69, 9.17) is 10.0 Å². The SMILES string of the molecule is Cc1nc(C2CC2)ccc1B(O)O. The highest BCUT2D eigenvalue weighted by atomic mass is 16.4. The molecule has 68 valence electrons. The minimum absolute atomic E-state index is 0.504. The van der Waals surface area contributed by atoms with Crippen LogP contribution in [0.3, 0.4) is 0 Å². The van der Waals surface area contributed by atoms with Crippen LogP contribution in [0, 0.1) is 6.92 Å². The second kappa shape index (κ2) is 3.12. The molecule has 13 heavy (non-hydrogen) atoms. The molecule has 1 saturated carbocycles. The van der Waals surface area contributed by atoms with E-state index in [0.29, 0.717) is 11.4 Å². The average molecular weight is 177 g/mol. The van der Waals surface area contributed by atoms with E-state index < -0.39 is 7.12 Å². The molecule has 0 radical (unpaired) electrons. The highest BCUT2D eigenvalue weighted by Crippen LogP contribution is 2.38. The van der Waals surface area contributed by atoms with Crippen LogP contribution in [-0.4, -0.2) is 22.2 Å². The number of rotatable bonds is 2. The summed E-state index contributed by atoms with van der Waals surface area (Å²) in [5.74, 6) is 0.614. The molecule has 0 atom stereocenters. The Bertz CT molecular complexity index is 323. The quantitative estimate of drug-likeness (QED) is 0.622. The van der Waals surface area contributed by atoms with Crippen molar-refractivity contribution in [3.8, 4) is 0 Å². The molecule has 0 spiro atoms. The van der Waals surface area contributed by atoms with E-state index >= 15 is 0 Å². The summed E-state index contributed by atoms with van der Waals surface area (Å²) < 4.78 is 0. The molecule has 0 aromatic carbocycles. The number of nitrogens with zero attached hydrogens (tertiary/aromatic N) is 1. The Morgan fingerprint density at radius 1 is 1.38 bits per heavy atom. The number of aryl methyl sites for hydroxylation is 1. The molecule has 0 aliphatic heterocycles. The van der Waals surface area contributed by atoms with Crippen molar-refractivity contribution in [2.75, 3.05) is 0 Å². The van der Waals surface area contributed by atoms with Gasteiger partial charge in [0.1, 0.15) is 0 Å². The first-order valence-corrected chi connectivity index (χ1v) is 4.52. The second-order valence-electron chi connectivity index (χ2n) is 3.56. The minimum Gasteiger partial charge on any atom is -0.423 e. The van der Waals surface area contributed by atoms with Gasteiger partial charge in [0.25, 0.3) is 0 Å². The fourth-order valence-corrected chi connectivity index (χ4v) is 1.47. The van der Waals surface area contributed by atoms with Gasteiger partial charge in [-0.15, -0.1) is 0 Å². The maximum Gasteiger partial charge on any atom is 0.490 e. The molecular weight excluding hydrogens is 165 g/mol. The normalized spacial score (nSPS) is 15.9. The molecule has 1 aromatic rings. The molecule has 1 aromatic heterocycles. The fraction of sp³-hybridized carbons (Fsp3) is 0.444. The standard InChI is InChI=1S/C9H12BNO2/c1-6-8(10(12)13)4-5-9(11-6)7-2-3-7/h4-5,7,12-13H,2-3H2,1H3. The molecule has 4 heteroatoms. The maximum absolute atomic E-state index is 8.97. The van der Waals surface area contributed by atoms with Crippen molar-refractivity contribution in [1.29, 1.82) is 0 Å². The Balaban J connectivity index is 2.31. The van der Waals surface area contributed by atoms with Gasteiger partial charge in [-0.3, -0.25) is 4.98 Å². The lowest BCUT2D eigenvalue weighted by molar-refractivity contribution is 0.425. The molecule has 3 nitrogen and oxygen atoms in total. The van der Waals surface area contributed by atoms with Crippen LogP contribution in [0.15, 0.2) is 12.1 Å². The van der Waals surface area contributed by atoms with Gasteiger partial charge in [-0.1, -0.05) is 6.07 Å². The molecule has 1 fully saturated rings. The van der Waals surface area contributed by atoms with Gasteiger partial charge in [-0.2, -0.15) is 0 Å². The van der Waals surface area contributed by atoms with Crippen LogP contribution in [0.25, 0.3) is 0 Å². The molecule has 1 aliphatic rings. The second-order valence-corrected chi connectivity index (χ2v) is 3.56. The number of hydrogen-bond donors (Lipinski definition) is 2. The Kier molecular flexibility index (Phi) is 2.10. The molecule has 0 saturated heterocycles. The van der Waals surface area contributed by atoms with Crippen molar-refractivity contribution in [2.24, 2.45) is 0 Å². The first kappa shape index (κ1) is 8.72. The molecule has 1 heterocycles. The third kappa shape index (κ3) is 1.74. The van der Waals surface area contributed by atoms with Crippen molar-refractivity contribution in [2.45, 2.75) is 25.7 Å². The lowest BCUT2D eigenvalue weighted by Crippen LogP contribution is -2.32. The van der Waals surface area contributed by atoms with Crippen molar-refractivity contribution in [3.05, 3.63) is 23.5 Å². The van der Waals surface area contributed by atoms with Crippen LogP contribution in [-0.2, 0) is 0 Å². The van der Waals surface area contributed by atoms with E-state index in [1.54, 1.807) is 13.0 Å². The zero-order chi connectivity index (χ0) is 9.42. The van der Waals surface area contributed by atoms with Gasteiger partial charge in [0.2, 0.25) is 0 Å². The highest BCUT2D eigenvalue weighted by Gasteiger charge is 2.26. The molecule has 0 unspecified atom stereocenters. The van der Waals surface area contributed by atoms with Crippen LogP contribution in [0.5, 0.6) is 0 Å². The van der Waals surface area contributed by atoms with Gasteiger partial charge in [-0.05, 0) is 25.8 Å². The van der Waals surface area contributed by atoms with Gasteiger partial charge in [-0.25, -0.2) is 0 Å². The predicted octanol–water partition coefficient (Wildman–Crippen LogP) is -0.0528. The summed E-state index contributed by atoms with van der Waals surface area (Å²) in [6, 6.07) is 3.64. The van der Waals surface area contributed by atoms with Crippen LogP contribution in [0.4, 0.5) is 0 Å². The van der Waals surface area contributed by atoms with Gasteiger partial charge >= 0.3 is 7.12 Å². The van der Waals surface area contributed by atoms with E-state index in [2.05, 4.69) is 4.98 Å². The van der Waals surface area contributed by atoms with Gasteiger partial charge in [0.05, 0.1) is 0 Å². The Hall–Kier alpha value is -0.865. The van der Waals surface area contributed by atoms with E-state index in [0.717, 1.165) is 11.4 Å². The fourth-order valence-electron chi connectivity index (χ4n) is 1.47. The smallest absolute Gasteiger partial charge is 0.423 e. The lowest BCUT2D eigenvalue weighted by Gasteiger charge is -2.05. The van der Waals surface area contributed by atoms with Crippen molar-refractivity contribution >= 4 is 12.6 Å². The lowest BCUT2D eigenvalue weighted by atomic mass is 9.79. The van der Waals surface area contributed by atoms with Gasteiger partial charge in [0, 0.05) is 22.8 Å². The van der Waals surface area contributed by atoms with Crippen LogP contribution in [0.2, 0.25) is 0 Å². The van der Waals surface area contributed by atoms with E-state index in [-0.39, 0.29) is 0 Å². The first-order valence-electron chi connectivity index (χ1n) is 4.52. The Morgan fingerprint density at radius 3 is 2.54 bits per heavy atom. The van der Waals surface area contributed by atoms with Gasteiger partial charge in [0.15, 0.2) is 0 Å². The number of aromatic nitrogens is 1. The third-order valence-electron chi connectivity index (χ3n) is 2.42. The van der Waals surface area contributed by atoms with E-state index in [9.17, 15) is 0 Å². The summed E-state index contributed by atoms with van der Waals surface area (Å²) in [4.78, 5) is 4.34. The average Bonchev–Trinajstić information content (AvgIpc) is 2.85. The van der Waals surface area contributed by atoms with Crippen molar-refractivity contribution in [3.63, 3.8) is 0 Å². The van der Waals surface area contributed by atoms with Crippen LogP contribution in [0.1, 0.15) is 30.1 Å². The summed E-state index contributed by atoms with van der Waals surface area (Å²) in [6.45, 7) is 1.81. The van der Waals surface area contributed by atoms with E-state index in [1.165, 1.54) is 12.8 Å².